The summed E-state index contributed by atoms with van der Waals surface area (Å²) in [7, 11) is -5.73. The lowest BCUT2D eigenvalue weighted by atomic mass is 9.81. The Bertz CT molecular complexity index is 7610. The van der Waals surface area contributed by atoms with Crippen molar-refractivity contribution in [3.63, 3.8) is 0 Å². The molecule has 610 valence electrons. The van der Waals surface area contributed by atoms with Crippen molar-refractivity contribution in [1.82, 2.24) is 0 Å². The molecule has 2 heterocycles. The first kappa shape index (κ1) is 78.3. The lowest BCUT2D eigenvalue weighted by Crippen LogP contribution is -2.74. The molecule has 0 bridgehead atoms. The van der Waals surface area contributed by atoms with E-state index in [0.29, 0.717) is 0 Å². The van der Waals surface area contributed by atoms with Crippen LogP contribution in [0.1, 0.15) is 85.8 Å². The van der Waals surface area contributed by atoms with Crippen LogP contribution in [0.3, 0.4) is 0 Å². The summed E-state index contributed by atoms with van der Waals surface area (Å²) >= 11 is 0. The Kier molecular flexibility index (Phi) is 19.8. The molecule has 0 amide bonds. The molecular weight excluding hydrogens is 1570 g/mol. The summed E-state index contributed by atoms with van der Waals surface area (Å²) in [6.45, 7) is 16.0. The van der Waals surface area contributed by atoms with Crippen LogP contribution in [0.4, 0.5) is 28.4 Å². The van der Waals surface area contributed by atoms with Crippen LogP contribution in [0.25, 0.3) is 115 Å². The van der Waals surface area contributed by atoms with Crippen LogP contribution in [-0.4, -0.2) is 16.1 Å². The van der Waals surface area contributed by atoms with E-state index in [9.17, 15) is 0 Å². The maximum absolute atomic E-state index is 6.74. The second kappa shape index (κ2) is 32.1. The van der Waals surface area contributed by atoms with Gasteiger partial charge in [-0.2, -0.15) is 0 Å². The lowest BCUT2D eigenvalue weighted by Gasteiger charge is -2.35. The summed E-state index contributed by atoms with van der Waals surface area (Å²) in [6, 6.07) is 154. The Morgan fingerprint density at radius 3 is 1.06 bits per heavy atom. The van der Waals surface area contributed by atoms with Gasteiger partial charge >= 0.3 is 0 Å². The number of hydrogen-bond acceptors (Lipinski definition) is 4. The Morgan fingerprint density at radius 1 is 0.252 bits per heavy atom. The molecule has 0 unspecified atom stereocenters. The number of nitrogens with zero attached hydrogens (tertiary/aromatic N) is 2. The van der Waals surface area contributed by atoms with Gasteiger partial charge in [0.05, 0.1) is 0 Å². The fourth-order valence-electron chi connectivity index (χ4n) is 20.9. The molecule has 2 aromatic heterocycles. The van der Waals surface area contributed by atoms with Crippen LogP contribution in [0.2, 0.25) is 0 Å². The molecule has 0 aliphatic heterocycles. The zero-order valence-electron chi connectivity index (χ0n) is 72.6. The molecule has 127 heavy (non-hydrogen) atoms. The SMILES string of the molecule is Cc1ccc([Si](c2ccc(C)cc2)(c2ccc(C)cc2)c2cccc(C3=CCCC(N(c4ccc(-c5cc(C(C)C)c6ccc7c(-c8ccc(N(c9cccc(-c%10cccc([Si](c%11ccccc%11)(c%11ccccc%11)c%11ccccc%11)c%10)c9)c9ccc%10c(c9)oc9ccccc9%10)cc8)cc(C(C)C)c8ccc5c6c78)cc4)c4ccc5c(c4)oc4ccccc45)=C3)c2)cc1. The molecule has 0 saturated carbocycles. The lowest BCUT2D eigenvalue weighted by molar-refractivity contribution is 0.668. The molecule has 4 nitrogen and oxygen atoms in total. The molecule has 1 aliphatic carbocycles. The van der Waals surface area contributed by atoms with E-state index >= 15 is 0 Å². The number of allylic oxidation sites excluding steroid dienone is 4. The largest absolute Gasteiger partial charge is 0.456 e. The maximum Gasteiger partial charge on any atom is 0.179 e. The summed E-state index contributed by atoms with van der Waals surface area (Å²) in [5, 5.41) is 23.0. The van der Waals surface area contributed by atoms with E-state index in [-0.39, 0.29) is 11.8 Å². The molecule has 22 rings (SSSR count). The van der Waals surface area contributed by atoms with Crippen LogP contribution in [0, 0.1) is 20.8 Å². The number of para-hydroxylation sites is 2. The van der Waals surface area contributed by atoms with E-state index in [1.165, 1.54) is 135 Å². The van der Waals surface area contributed by atoms with Crippen LogP contribution in [0.5, 0.6) is 0 Å². The molecule has 0 saturated heterocycles. The van der Waals surface area contributed by atoms with E-state index < -0.39 is 16.1 Å². The third-order valence-corrected chi connectivity index (χ3v) is 36.7. The van der Waals surface area contributed by atoms with Crippen molar-refractivity contribution in [3.05, 3.63) is 458 Å². The minimum absolute atomic E-state index is 0.245. The molecule has 1 aliphatic rings. The molecule has 0 fully saturated rings. The normalized spacial score (nSPS) is 12.7. The Balaban J connectivity index is 0.649. The number of aryl methyl sites for hydroxylation is 3. The fraction of sp³-hybridized carbons (Fsp3) is 0.0909. The van der Waals surface area contributed by atoms with Crippen molar-refractivity contribution in [2.75, 3.05) is 9.80 Å². The first-order valence-corrected chi connectivity index (χ1v) is 48.8. The highest BCUT2D eigenvalue weighted by Crippen LogP contribution is 2.50. The smallest absolute Gasteiger partial charge is 0.179 e. The summed E-state index contributed by atoms with van der Waals surface area (Å²) in [5.74, 6) is 0.492. The van der Waals surface area contributed by atoms with Gasteiger partial charge in [-0.1, -0.05) is 360 Å². The first-order chi connectivity index (χ1) is 62.3. The third kappa shape index (κ3) is 13.6. The first-order valence-electron chi connectivity index (χ1n) is 44.8. The highest BCUT2D eigenvalue weighted by Gasteiger charge is 2.44. The minimum Gasteiger partial charge on any atom is -0.456 e. The Hall–Kier alpha value is -14.7. The van der Waals surface area contributed by atoms with Gasteiger partial charge in [-0.3, -0.25) is 0 Å². The predicted molar refractivity (Wildman–Crippen MR) is 546 cm³/mol. The predicted octanol–water partition coefficient (Wildman–Crippen LogP) is 27.7. The Labute approximate surface area is 745 Å². The number of fused-ring (bicyclic) bond motifs is 6. The molecule has 0 radical (unpaired) electrons. The molecular formula is C121H96N2O2Si2. The zero-order valence-corrected chi connectivity index (χ0v) is 74.6. The van der Waals surface area contributed by atoms with Gasteiger partial charge in [-0.05, 0) is 266 Å². The summed E-state index contributed by atoms with van der Waals surface area (Å²) in [6.07, 6.45) is 6.65. The zero-order chi connectivity index (χ0) is 85.6. The van der Waals surface area contributed by atoms with Gasteiger partial charge in [0, 0.05) is 67.8 Å². The van der Waals surface area contributed by atoms with Crippen LogP contribution < -0.4 is 51.3 Å². The van der Waals surface area contributed by atoms with Crippen molar-refractivity contribution in [2.45, 2.75) is 73.1 Å². The van der Waals surface area contributed by atoms with Gasteiger partial charge in [-0.25, -0.2) is 0 Å². The van der Waals surface area contributed by atoms with Gasteiger partial charge < -0.3 is 18.6 Å². The van der Waals surface area contributed by atoms with Gasteiger partial charge in [0.1, 0.15) is 22.3 Å². The second-order valence-corrected chi connectivity index (χ2v) is 43.1. The quantitative estimate of drug-likeness (QED) is 0.0433. The van der Waals surface area contributed by atoms with Crippen LogP contribution in [0.15, 0.2) is 433 Å². The van der Waals surface area contributed by atoms with Gasteiger partial charge in [0.2, 0.25) is 0 Å². The van der Waals surface area contributed by atoms with Crippen LogP contribution in [-0.2, 0) is 0 Å². The van der Waals surface area contributed by atoms with Crippen LogP contribution >= 0.6 is 0 Å². The molecule has 0 spiro atoms. The second-order valence-electron chi connectivity index (χ2n) is 35.5. The molecule has 0 N–H and O–H groups in total. The average molecular weight is 1670 g/mol. The topological polar surface area (TPSA) is 32.8 Å². The van der Waals surface area contributed by atoms with Gasteiger partial charge in [-0.15, -0.1) is 0 Å². The van der Waals surface area contributed by atoms with E-state index in [1.54, 1.807) is 0 Å². The Morgan fingerprint density at radius 2 is 0.598 bits per heavy atom. The van der Waals surface area contributed by atoms with Crippen molar-refractivity contribution in [3.8, 4) is 33.4 Å². The number of anilines is 5. The van der Waals surface area contributed by atoms with Gasteiger partial charge in [0.25, 0.3) is 0 Å². The number of rotatable bonds is 20. The van der Waals surface area contributed by atoms with Crippen molar-refractivity contribution < 1.29 is 8.83 Å². The van der Waals surface area contributed by atoms with Crippen molar-refractivity contribution in [2.24, 2.45) is 0 Å². The summed E-state index contributed by atoms with van der Waals surface area (Å²) in [5.41, 5.74) is 25.9. The number of hydrogen-bond donors (Lipinski definition) is 0. The fourth-order valence-corrected chi connectivity index (χ4v) is 30.4. The number of benzene rings is 19. The van der Waals surface area contributed by atoms with E-state index in [1.807, 2.05) is 0 Å². The standard InChI is InChI=1S/C121H96N2O2Si2/c1-79(2)112-77-114(84-49-53-90(54-50-84)122(94-57-65-106-104-39-17-19-41-116(104)124-118(106)75-94)92-29-21-25-86(71-92)88-27-23-37-102(73-88)126(96-31-11-8-12-32-96,97-33-13-9-14-34-97)98-35-15-10-16-36-98)110-69-67-109-113(80(3)4)78-115(111-70-68-108(112)120(110)121(109)111)85-51-55-91(56-52-85)123(95-58-66-107-105-40-18-20-42-117(105)125-119(107)76-95)93-30-22-26-87(72-93)89-28-24-38-103(74-89)127(99-59-43-81(5)44-60-99,100-61-45-82(6)46-62-100)101-63-47-83(7)48-64-101/h8-21,23-29,31-80H,22,30H2,1-7H3. The van der Waals surface area contributed by atoms with Crippen molar-refractivity contribution in [1.29, 1.82) is 0 Å². The summed E-state index contributed by atoms with van der Waals surface area (Å²) < 4.78 is 13.4. The molecule has 6 heteroatoms. The monoisotopic (exact) mass is 1660 g/mol. The maximum atomic E-state index is 6.74. The average Bonchev–Trinajstić information content (AvgIpc) is 1.01. The molecule has 21 aromatic rings. The van der Waals surface area contributed by atoms with Gasteiger partial charge in [0.15, 0.2) is 16.1 Å². The highest BCUT2D eigenvalue weighted by atomic mass is 28.3. The molecule has 19 aromatic carbocycles. The van der Waals surface area contributed by atoms with Crippen molar-refractivity contribution >= 4 is 168 Å². The molecule has 0 atom stereocenters. The highest BCUT2D eigenvalue weighted by molar-refractivity contribution is 7.20. The summed E-state index contributed by atoms with van der Waals surface area (Å²) in [4.78, 5) is 4.90. The minimum atomic E-state index is -2.89. The number of furan rings is 2. The third-order valence-electron chi connectivity index (χ3n) is 27.1. The van der Waals surface area contributed by atoms with E-state index in [0.717, 1.165) is 102 Å². The van der Waals surface area contributed by atoms with E-state index in [2.05, 4.69) is 477 Å². The van der Waals surface area contributed by atoms with E-state index in [4.69, 9.17) is 8.83 Å².